The van der Waals surface area contributed by atoms with Gasteiger partial charge in [0.05, 0.1) is 25.0 Å². The summed E-state index contributed by atoms with van der Waals surface area (Å²) in [5.74, 6) is 0.717. The van der Waals surface area contributed by atoms with E-state index in [0.29, 0.717) is 61.2 Å². The Balaban J connectivity index is 1.76. The van der Waals surface area contributed by atoms with Crippen LogP contribution in [0.4, 0.5) is 0 Å². The Kier molecular flexibility index (Phi) is 5.56. The van der Waals surface area contributed by atoms with Crippen LogP contribution in [0.2, 0.25) is 0 Å². The molecule has 0 spiro atoms. The molecule has 1 N–H and O–H groups in total. The summed E-state index contributed by atoms with van der Waals surface area (Å²) in [6.07, 6.45) is 3.32. The molecule has 6 nitrogen and oxygen atoms in total. The van der Waals surface area contributed by atoms with Crippen molar-refractivity contribution < 1.29 is 29.0 Å². The van der Waals surface area contributed by atoms with E-state index in [1.54, 1.807) is 46.3 Å². The van der Waals surface area contributed by atoms with Gasteiger partial charge in [0.25, 0.3) is 0 Å². The Morgan fingerprint density at radius 3 is 2.00 bits per heavy atom. The van der Waals surface area contributed by atoms with E-state index < -0.39 is 10.8 Å². The van der Waals surface area contributed by atoms with Crippen molar-refractivity contribution in [1.29, 1.82) is 0 Å². The first kappa shape index (κ1) is 26.8. The van der Waals surface area contributed by atoms with Crippen LogP contribution in [0.15, 0.2) is 53.6 Å². The van der Waals surface area contributed by atoms with Crippen LogP contribution >= 0.6 is 0 Å². The number of carbonyl (C=O) groups excluding carboxylic acids is 3. The Labute approximate surface area is 239 Å². The van der Waals surface area contributed by atoms with Crippen molar-refractivity contribution in [2.24, 2.45) is 5.41 Å². The van der Waals surface area contributed by atoms with E-state index in [0.717, 1.165) is 16.7 Å². The summed E-state index contributed by atoms with van der Waals surface area (Å²) >= 11 is 0. The van der Waals surface area contributed by atoms with Crippen LogP contribution in [0.1, 0.15) is 65.9 Å². The molecule has 0 saturated carbocycles. The molecule has 0 amide bonds. The zero-order valence-electron chi connectivity index (χ0n) is 24.5. The zero-order valence-corrected chi connectivity index (χ0v) is 24.5. The maximum atomic E-state index is 14.3. The predicted molar refractivity (Wildman–Crippen MR) is 159 cm³/mol. The largest absolute Gasteiger partial charge is 0.507 e. The lowest BCUT2D eigenvalue weighted by Gasteiger charge is -2.36. The second-order valence-electron chi connectivity index (χ2n) is 12.2. The first-order valence-electron chi connectivity index (χ1n) is 13.6. The molecular formula is C35H32O6. The van der Waals surface area contributed by atoms with Crippen molar-refractivity contribution >= 4 is 39.3 Å². The molecule has 6 heteroatoms. The molecule has 0 saturated heterocycles. The first-order chi connectivity index (χ1) is 19.2. The van der Waals surface area contributed by atoms with Crippen molar-refractivity contribution in [2.75, 3.05) is 14.2 Å². The predicted octanol–water partition coefficient (Wildman–Crippen LogP) is 6.61. The molecule has 0 aromatic heterocycles. The van der Waals surface area contributed by atoms with Crippen LogP contribution in [0.5, 0.6) is 17.2 Å². The Morgan fingerprint density at radius 1 is 0.707 bits per heavy atom. The van der Waals surface area contributed by atoms with Gasteiger partial charge in [-0.05, 0) is 128 Å². The van der Waals surface area contributed by atoms with Crippen molar-refractivity contribution in [3.05, 3.63) is 87.0 Å². The lowest BCUT2D eigenvalue weighted by atomic mass is 9.64. The normalized spacial score (nSPS) is 20.3. The van der Waals surface area contributed by atoms with E-state index in [1.165, 1.54) is 0 Å². The van der Waals surface area contributed by atoms with Gasteiger partial charge in [-0.3, -0.25) is 14.4 Å². The van der Waals surface area contributed by atoms with Crippen LogP contribution in [0.25, 0.3) is 21.9 Å². The Hall–Kier alpha value is -4.45. The number of benzene rings is 3. The standard InChI is InChI=1S/C35H32O6/c1-16-9-20-18(12-28(16)40-7)19-11-23(32(38)34(3,4)24(19)14-26(20)36)31-30-22-13-29(41-8)17(2)10-21(22)27(37)15-25(30)35(5,6)33(31)39/h9-15,37H,1-8H3. The summed E-state index contributed by atoms with van der Waals surface area (Å²) < 4.78 is 11.2. The minimum Gasteiger partial charge on any atom is -0.507 e. The van der Waals surface area contributed by atoms with Crippen molar-refractivity contribution in [3.8, 4) is 17.2 Å². The Morgan fingerprint density at radius 2 is 1.34 bits per heavy atom. The molecule has 0 heterocycles. The molecule has 3 aliphatic rings. The lowest BCUT2D eigenvalue weighted by Crippen LogP contribution is -2.35. The van der Waals surface area contributed by atoms with Gasteiger partial charge in [-0.25, -0.2) is 0 Å². The Bertz CT molecular complexity index is 1880. The summed E-state index contributed by atoms with van der Waals surface area (Å²) in [5.41, 5.74) is 4.06. The van der Waals surface area contributed by atoms with E-state index in [2.05, 4.69) is 0 Å². The summed E-state index contributed by atoms with van der Waals surface area (Å²) in [6, 6.07) is 8.97. The van der Waals surface area contributed by atoms with E-state index >= 15 is 0 Å². The molecular weight excluding hydrogens is 516 g/mol. The molecule has 0 atom stereocenters. The lowest BCUT2D eigenvalue weighted by molar-refractivity contribution is -0.122. The fraction of sp³-hybridized carbons (Fsp3) is 0.286. The van der Waals surface area contributed by atoms with E-state index in [9.17, 15) is 19.5 Å². The molecule has 3 aromatic rings. The van der Waals surface area contributed by atoms with Gasteiger partial charge in [-0.15, -0.1) is 0 Å². The third kappa shape index (κ3) is 3.46. The number of hydrogen-bond acceptors (Lipinski definition) is 6. The van der Waals surface area contributed by atoms with Gasteiger partial charge in [0.1, 0.15) is 17.2 Å². The minimum atomic E-state index is -1.08. The number of aryl methyl sites for hydroxylation is 2. The second-order valence-corrected chi connectivity index (χ2v) is 12.2. The molecule has 3 aromatic carbocycles. The number of hydrogen-bond donors (Lipinski definition) is 1. The maximum absolute atomic E-state index is 14.3. The number of ether oxygens (including phenoxy) is 2. The molecule has 0 unspecified atom stereocenters. The molecule has 3 aliphatic carbocycles. The van der Waals surface area contributed by atoms with Gasteiger partial charge < -0.3 is 14.6 Å². The third-order valence-corrected chi connectivity index (χ3v) is 9.05. The molecule has 41 heavy (non-hydrogen) atoms. The fourth-order valence-electron chi connectivity index (χ4n) is 6.62. The van der Waals surface area contributed by atoms with Gasteiger partial charge >= 0.3 is 0 Å². The fourth-order valence-corrected chi connectivity index (χ4v) is 6.62. The number of phenolic OH excluding ortho intramolecular Hbond substituents is 1. The average Bonchev–Trinajstić information content (AvgIpc) is 3.11. The number of methoxy groups -OCH3 is 2. The molecule has 6 rings (SSSR count). The summed E-state index contributed by atoms with van der Waals surface area (Å²) in [7, 11) is 3.16. The number of ketones is 3. The van der Waals surface area contributed by atoms with Gasteiger partial charge in [-0.2, -0.15) is 0 Å². The number of allylic oxidation sites excluding steroid dienone is 6. The highest BCUT2D eigenvalue weighted by Crippen LogP contribution is 2.54. The second kappa shape index (κ2) is 8.53. The molecule has 0 bridgehead atoms. The van der Waals surface area contributed by atoms with Gasteiger partial charge in [0.15, 0.2) is 17.3 Å². The summed E-state index contributed by atoms with van der Waals surface area (Å²) in [5, 5.41) is 12.3. The number of fused-ring (bicyclic) bond motifs is 6. The minimum absolute atomic E-state index is 0.0673. The zero-order chi connectivity index (χ0) is 29.8. The smallest absolute Gasteiger partial charge is 0.186 e. The van der Waals surface area contributed by atoms with E-state index in [1.807, 2.05) is 52.0 Å². The SMILES string of the molecule is COc1cc2c(cc1C)C(=O)C=C1C2=CC(=C2C(=O)C(C)(C)c3cc(O)c4cc(C)c(OC)cc4c32)C(=O)C1(C)C. The number of rotatable bonds is 2. The highest BCUT2D eigenvalue weighted by Gasteiger charge is 2.49. The van der Waals surface area contributed by atoms with Crippen LogP contribution in [0, 0.1) is 19.3 Å². The highest BCUT2D eigenvalue weighted by molar-refractivity contribution is 6.38. The van der Waals surface area contributed by atoms with Crippen LogP contribution in [-0.4, -0.2) is 36.7 Å². The third-order valence-electron chi connectivity index (χ3n) is 9.05. The van der Waals surface area contributed by atoms with Gasteiger partial charge in [0.2, 0.25) is 0 Å². The number of carbonyl (C=O) groups is 3. The van der Waals surface area contributed by atoms with Crippen LogP contribution in [-0.2, 0) is 15.0 Å². The first-order valence-corrected chi connectivity index (χ1v) is 13.6. The number of phenols is 1. The molecule has 0 fully saturated rings. The summed E-state index contributed by atoms with van der Waals surface area (Å²) in [6.45, 7) is 11.0. The van der Waals surface area contributed by atoms with Crippen molar-refractivity contribution in [2.45, 2.75) is 47.0 Å². The van der Waals surface area contributed by atoms with Crippen LogP contribution < -0.4 is 9.47 Å². The van der Waals surface area contributed by atoms with E-state index in [4.69, 9.17) is 9.47 Å². The number of Topliss-reactive ketones (excluding diaryl/α,β-unsaturated/α-hetero) is 2. The van der Waals surface area contributed by atoms with Gasteiger partial charge in [-0.1, -0.05) is 0 Å². The molecule has 0 radical (unpaired) electrons. The molecule has 208 valence electrons. The van der Waals surface area contributed by atoms with Crippen molar-refractivity contribution in [1.82, 2.24) is 0 Å². The quantitative estimate of drug-likeness (QED) is 0.363. The van der Waals surface area contributed by atoms with Crippen LogP contribution in [0.3, 0.4) is 0 Å². The average molecular weight is 549 g/mol. The van der Waals surface area contributed by atoms with E-state index in [-0.39, 0.29) is 23.1 Å². The maximum Gasteiger partial charge on any atom is 0.186 e. The number of aromatic hydroxyl groups is 1. The monoisotopic (exact) mass is 548 g/mol. The van der Waals surface area contributed by atoms with Crippen molar-refractivity contribution in [3.63, 3.8) is 0 Å². The topological polar surface area (TPSA) is 89.9 Å². The summed E-state index contributed by atoms with van der Waals surface area (Å²) in [4.78, 5) is 41.8. The van der Waals surface area contributed by atoms with Gasteiger partial charge in [0, 0.05) is 22.1 Å². The molecule has 0 aliphatic heterocycles. The highest BCUT2D eigenvalue weighted by atomic mass is 16.5.